The zero-order chi connectivity index (χ0) is 15.4. The quantitative estimate of drug-likeness (QED) is 0.677. The van der Waals surface area contributed by atoms with Gasteiger partial charge in [-0.15, -0.1) is 10.2 Å². The average molecular weight is 330 g/mol. The molecule has 0 fully saturated rings. The molecular formula is C16H18N4S2. The number of nitrogens with one attached hydrogen (secondary N) is 1. The van der Waals surface area contributed by atoms with Crippen LogP contribution in [0.1, 0.15) is 19.5 Å². The summed E-state index contributed by atoms with van der Waals surface area (Å²) in [5.74, 6) is 1.41. The summed E-state index contributed by atoms with van der Waals surface area (Å²) in [6.07, 6.45) is 0. The molecule has 6 heteroatoms. The molecule has 1 aromatic carbocycles. The first-order chi connectivity index (χ1) is 10.7. The monoisotopic (exact) mass is 330 g/mol. The Balaban J connectivity index is 1.61. The molecule has 22 heavy (non-hydrogen) atoms. The van der Waals surface area contributed by atoms with Crippen molar-refractivity contribution in [2.45, 2.75) is 23.9 Å². The van der Waals surface area contributed by atoms with Gasteiger partial charge in [0.05, 0.1) is 11.2 Å². The number of anilines is 1. The lowest BCUT2D eigenvalue weighted by Crippen LogP contribution is -2.07. The van der Waals surface area contributed by atoms with Crippen molar-refractivity contribution in [3.8, 4) is 0 Å². The molecule has 0 atom stereocenters. The number of aromatic nitrogens is 3. The molecule has 2 heterocycles. The maximum absolute atomic E-state index is 4.68. The van der Waals surface area contributed by atoms with E-state index in [1.165, 1.54) is 5.39 Å². The van der Waals surface area contributed by atoms with Gasteiger partial charge >= 0.3 is 0 Å². The predicted molar refractivity (Wildman–Crippen MR) is 94.5 cm³/mol. The summed E-state index contributed by atoms with van der Waals surface area (Å²) in [7, 11) is 0. The first kappa shape index (κ1) is 15.2. The van der Waals surface area contributed by atoms with E-state index in [0.29, 0.717) is 5.92 Å². The molecule has 3 rings (SSSR count). The van der Waals surface area contributed by atoms with Gasteiger partial charge in [-0.25, -0.2) is 0 Å². The van der Waals surface area contributed by atoms with E-state index in [0.717, 1.165) is 33.0 Å². The predicted octanol–water partition coefficient (Wildman–Crippen LogP) is 4.45. The van der Waals surface area contributed by atoms with Gasteiger partial charge in [0.25, 0.3) is 0 Å². The number of fused-ring (bicyclic) bond motifs is 1. The van der Waals surface area contributed by atoms with Gasteiger partial charge in [-0.05, 0) is 18.1 Å². The fourth-order valence-electron chi connectivity index (χ4n) is 1.96. The smallest absolute Gasteiger partial charge is 0.206 e. The zero-order valence-corrected chi connectivity index (χ0v) is 14.2. The Morgan fingerprint density at radius 1 is 1.14 bits per heavy atom. The molecule has 0 spiro atoms. The van der Waals surface area contributed by atoms with Crippen LogP contribution in [0.2, 0.25) is 0 Å². The Morgan fingerprint density at radius 3 is 2.86 bits per heavy atom. The number of benzene rings is 1. The number of nitrogens with zero attached hydrogens (tertiary/aromatic N) is 3. The summed E-state index contributed by atoms with van der Waals surface area (Å²) < 4.78 is 0.973. The topological polar surface area (TPSA) is 50.7 Å². The second kappa shape index (κ2) is 7.07. The molecule has 0 aliphatic rings. The van der Waals surface area contributed by atoms with E-state index in [1.54, 1.807) is 23.1 Å². The van der Waals surface area contributed by atoms with Crippen LogP contribution in [0.5, 0.6) is 0 Å². The molecule has 1 N–H and O–H groups in total. The van der Waals surface area contributed by atoms with Gasteiger partial charge in [-0.3, -0.25) is 4.98 Å². The Hall–Kier alpha value is -1.66. The number of rotatable bonds is 6. The van der Waals surface area contributed by atoms with Gasteiger partial charge in [0.2, 0.25) is 5.13 Å². The molecule has 0 amide bonds. The highest BCUT2D eigenvalue weighted by molar-refractivity contribution is 8.00. The summed E-state index contributed by atoms with van der Waals surface area (Å²) in [5, 5.41) is 13.7. The van der Waals surface area contributed by atoms with Crippen molar-refractivity contribution in [1.82, 2.24) is 15.2 Å². The van der Waals surface area contributed by atoms with Crippen LogP contribution in [0.4, 0.5) is 5.13 Å². The SMILES string of the molecule is CC(C)CNc1nnc(SCc2ccc3ccccc3n2)s1. The maximum Gasteiger partial charge on any atom is 0.206 e. The third kappa shape index (κ3) is 3.96. The van der Waals surface area contributed by atoms with Crippen molar-refractivity contribution in [3.63, 3.8) is 0 Å². The molecule has 2 aromatic heterocycles. The molecule has 3 aromatic rings. The first-order valence-electron chi connectivity index (χ1n) is 7.25. The van der Waals surface area contributed by atoms with Crippen LogP contribution in [0.25, 0.3) is 10.9 Å². The molecule has 0 bridgehead atoms. The zero-order valence-electron chi connectivity index (χ0n) is 12.6. The summed E-state index contributed by atoms with van der Waals surface area (Å²) in [4.78, 5) is 4.68. The molecule has 0 unspecified atom stereocenters. The van der Waals surface area contributed by atoms with Crippen molar-refractivity contribution >= 4 is 39.1 Å². The van der Waals surface area contributed by atoms with Crippen molar-refractivity contribution in [2.75, 3.05) is 11.9 Å². The lowest BCUT2D eigenvalue weighted by atomic mass is 10.2. The number of thioether (sulfide) groups is 1. The third-order valence-electron chi connectivity index (χ3n) is 3.07. The number of para-hydroxylation sites is 1. The fourth-order valence-corrected chi connectivity index (χ4v) is 3.62. The second-order valence-electron chi connectivity index (χ2n) is 5.43. The van der Waals surface area contributed by atoms with E-state index in [2.05, 4.69) is 52.5 Å². The Bertz CT molecular complexity index is 754. The molecule has 0 saturated heterocycles. The van der Waals surface area contributed by atoms with Crippen molar-refractivity contribution in [3.05, 3.63) is 42.1 Å². The van der Waals surface area contributed by atoms with E-state index < -0.39 is 0 Å². The second-order valence-corrected chi connectivity index (χ2v) is 7.63. The van der Waals surface area contributed by atoms with Crippen LogP contribution >= 0.6 is 23.1 Å². The van der Waals surface area contributed by atoms with Gasteiger partial charge in [0, 0.05) is 17.7 Å². The first-order valence-corrected chi connectivity index (χ1v) is 9.06. The minimum atomic E-state index is 0.599. The largest absolute Gasteiger partial charge is 0.360 e. The number of pyridine rings is 1. The highest BCUT2D eigenvalue weighted by Gasteiger charge is 2.06. The average Bonchev–Trinajstić information content (AvgIpc) is 2.99. The summed E-state index contributed by atoms with van der Waals surface area (Å²) >= 11 is 3.28. The summed E-state index contributed by atoms with van der Waals surface area (Å²) in [5.41, 5.74) is 2.10. The standard InChI is InChI=1S/C16H18N4S2/c1-11(2)9-17-15-19-20-16(22-15)21-10-13-8-7-12-5-3-4-6-14(12)18-13/h3-8,11H,9-10H2,1-2H3,(H,17,19). The molecule has 114 valence electrons. The minimum absolute atomic E-state index is 0.599. The van der Waals surface area contributed by atoms with Crippen LogP contribution in [0.15, 0.2) is 40.7 Å². The highest BCUT2D eigenvalue weighted by Crippen LogP contribution is 2.28. The number of hydrogen-bond donors (Lipinski definition) is 1. The number of hydrogen-bond acceptors (Lipinski definition) is 6. The van der Waals surface area contributed by atoms with E-state index >= 15 is 0 Å². The van der Waals surface area contributed by atoms with Gasteiger partial charge < -0.3 is 5.32 Å². The highest BCUT2D eigenvalue weighted by atomic mass is 32.2. The van der Waals surface area contributed by atoms with Gasteiger partial charge in [-0.1, -0.05) is 61.2 Å². The molecular weight excluding hydrogens is 312 g/mol. The van der Waals surface area contributed by atoms with Crippen LogP contribution < -0.4 is 5.32 Å². The molecule has 0 radical (unpaired) electrons. The summed E-state index contributed by atoms with van der Waals surface area (Å²) in [6.45, 7) is 5.27. The third-order valence-corrected chi connectivity index (χ3v) is 5.12. The van der Waals surface area contributed by atoms with Gasteiger partial charge in [0.15, 0.2) is 4.34 Å². The Kier molecular flexibility index (Phi) is 4.90. The van der Waals surface area contributed by atoms with Crippen molar-refractivity contribution < 1.29 is 0 Å². The van der Waals surface area contributed by atoms with Crippen LogP contribution in [-0.4, -0.2) is 21.7 Å². The maximum atomic E-state index is 4.68. The van der Waals surface area contributed by atoms with Crippen molar-refractivity contribution in [2.24, 2.45) is 5.92 Å². The van der Waals surface area contributed by atoms with E-state index in [-0.39, 0.29) is 0 Å². The molecule has 0 saturated carbocycles. The summed E-state index contributed by atoms with van der Waals surface area (Å²) in [6, 6.07) is 12.4. The molecule has 4 nitrogen and oxygen atoms in total. The molecule has 0 aliphatic carbocycles. The van der Waals surface area contributed by atoms with Gasteiger partial charge in [0.1, 0.15) is 0 Å². The normalized spacial score (nSPS) is 11.2. The van der Waals surface area contributed by atoms with E-state index in [4.69, 9.17) is 0 Å². The van der Waals surface area contributed by atoms with E-state index in [1.807, 2.05) is 18.2 Å². The fraction of sp³-hybridized carbons (Fsp3) is 0.312. The minimum Gasteiger partial charge on any atom is -0.360 e. The lowest BCUT2D eigenvalue weighted by molar-refractivity contribution is 0.687. The van der Waals surface area contributed by atoms with Crippen LogP contribution in [-0.2, 0) is 5.75 Å². The van der Waals surface area contributed by atoms with Crippen LogP contribution in [0, 0.1) is 5.92 Å². The Labute approximate surface area is 138 Å². The van der Waals surface area contributed by atoms with Crippen LogP contribution in [0.3, 0.4) is 0 Å². The van der Waals surface area contributed by atoms with Gasteiger partial charge in [-0.2, -0.15) is 0 Å². The van der Waals surface area contributed by atoms with Crippen molar-refractivity contribution in [1.29, 1.82) is 0 Å². The molecule has 0 aliphatic heterocycles. The lowest BCUT2D eigenvalue weighted by Gasteiger charge is -2.03. The Morgan fingerprint density at radius 2 is 2.00 bits per heavy atom. The van der Waals surface area contributed by atoms with E-state index in [9.17, 15) is 0 Å².